The number of para-hydroxylation sites is 2. The minimum absolute atomic E-state index is 0.0521. The summed E-state index contributed by atoms with van der Waals surface area (Å²) in [6.07, 6.45) is 10.4. The van der Waals surface area contributed by atoms with Crippen molar-refractivity contribution in [2.45, 2.75) is 72.6 Å². The van der Waals surface area contributed by atoms with Crippen molar-refractivity contribution >= 4 is 45.6 Å². The van der Waals surface area contributed by atoms with E-state index < -0.39 is 5.41 Å². The van der Waals surface area contributed by atoms with E-state index in [4.69, 9.17) is 9.73 Å². The quantitative estimate of drug-likeness (QED) is 0.161. The number of aliphatic imine (C=N–C) groups is 1. The molecule has 0 bridgehead atoms. The number of quaternary nitrogens is 1. The molecule has 202 valence electrons. The van der Waals surface area contributed by atoms with Crippen molar-refractivity contribution in [3.63, 3.8) is 0 Å². The number of piperazine rings is 1. The third kappa shape index (κ3) is 6.74. The van der Waals surface area contributed by atoms with Crippen molar-refractivity contribution < 1.29 is 14.0 Å². The van der Waals surface area contributed by atoms with Crippen LogP contribution < -0.4 is 10.2 Å². The fourth-order valence-corrected chi connectivity index (χ4v) is 6.33. The first kappa shape index (κ1) is 27.6. The highest BCUT2D eigenvalue weighted by atomic mass is 32.1. The molecule has 1 N–H and O–H groups in total. The van der Waals surface area contributed by atoms with Crippen LogP contribution >= 0.6 is 11.3 Å². The molecular formula is C30H45N4O2S+. The maximum atomic E-state index is 12.9. The lowest BCUT2D eigenvalue weighted by atomic mass is 9.87. The number of fused-ring (bicyclic) bond motifs is 2. The van der Waals surface area contributed by atoms with Gasteiger partial charge in [-0.05, 0) is 39.3 Å². The number of likely N-dealkylation sites (N-methyl/N-ethyl adjacent to an activating group) is 1. The molecule has 0 amide bonds. The molecule has 1 aromatic carbocycles. The molecule has 0 saturated carbocycles. The third-order valence-electron chi connectivity index (χ3n) is 7.92. The molecule has 1 fully saturated rings. The molecule has 2 aliphatic rings. The Labute approximate surface area is 227 Å². The van der Waals surface area contributed by atoms with Crippen LogP contribution in [0.25, 0.3) is 0 Å². The van der Waals surface area contributed by atoms with Gasteiger partial charge < -0.3 is 15.0 Å². The summed E-state index contributed by atoms with van der Waals surface area (Å²) in [5.74, 6) is -0.0521. The summed E-state index contributed by atoms with van der Waals surface area (Å²) in [5, 5.41) is 4.76. The average molecular weight is 526 g/mol. The van der Waals surface area contributed by atoms with Crippen LogP contribution in [0.15, 0.2) is 29.3 Å². The van der Waals surface area contributed by atoms with Crippen molar-refractivity contribution in [2.75, 3.05) is 50.2 Å². The zero-order valence-electron chi connectivity index (χ0n) is 23.4. The Balaban J connectivity index is 1.30. The predicted octanol–water partition coefficient (Wildman–Crippen LogP) is 7.41. The van der Waals surface area contributed by atoms with Gasteiger partial charge in [-0.15, -0.1) is 11.3 Å². The third-order valence-corrected chi connectivity index (χ3v) is 8.95. The number of nitrogens with zero attached hydrogens (tertiary/aromatic N) is 3. The second-order valence-corrected chi connectivity index (χ2v) is 12.9. The van der Waals surface area contributed by atoms with Gasteiger partial charge in [0.1, 0.15) is 5.00 Å². The Morgan fingerprint density at radius 1 is 1.14 bits per heavy atom. The lowest BCUT2D eigenvalue weighted by Crippen LogP contribution is -2.58. The summed E-state index contributed by atoms with van der Waals surface area (Å²) in [5.41, 5.74) is 4.07. The fourth-order valence-electron chi connectivity index (χ4n) is 5.27. The number of aryl methyl sites for hydroxylation is 1. The highest BCUT2D eigenvalue weighted by molar-refractivity contribution is 7.17. The minimum Gasteiger partial charge on any atom is -0.415 e. The van der Waals surface area contributed by atoms with E-state index in [9.17, 15) is 4.79 Å². The number of benzene rings is 1. The largest absolute Gasteiger partial charge is 0.415 e. The lowest BCUT2D eigenvalue weighted by Gasteiger charge is -2.42. The van der Waals surface area contributed by atoms with E-state index in [1.54, 1.807) is 11.3 Å². The average Bonchev–Trinajstić information content (AvgIpc) is 3.07. The fraction of sp³-hybridized carbons (Fsp3) is 0.600. The van der Waals surface area contributed by atoms with Gasteiger partial charge in [-0.2, -0.15) is 0 Å². The lowest BCUT2D eigenvalue weighted by molar-refractivity contribution is -0.926. The number of rotatable bonds is 11. The molecule has 7 heteroatoms. The van der Waals surface area contributed by atoms with Crippen LogP contribution in [0.4, 0.5) is 22.1 Å². The molecule has 0 spiro atoms. The van der Waals surface area contributed by atoms with E-state index in [1.165, 1.54) is 48.2 Å². The van der Waals surface area contributed by atoms with Crippen molar-refractivity contribution in [1.29, 1.82) is 0 Å². The highest BCUT2D eigenvalue weighted by Gasteiger charge is 2.35. The van der Waals surface area contributed by atoms with Gasteiger partial charge >= 0.3 is 5.97 Å². The molecule has 1 aromatic heterocycles. The Morgan fingerprint density at radius 3 is 2.59 bits per heavy atom. The van der Waals surface area contributed by atoms with Crippen molar-refractivity contribution in [3.05, 3.63) is 34.7 Å². The molecule has 2 aliphatic heterocycles. The molecule has 4 rings (SSSR count). The van der Waals surface area contributed by atoms with Gasteiger partial charge in [0, 0.05) is 11.1 Å². The van der Waals surface area contributed by atoms with Gasteiger partial charge in [0.15, 0.2) is 0 Å². The van der Waals surface area contributed by atoms with Crippen LogP contribution in [0, 0.1) is 12.3 Å². The van der Waals surface area contributed by atoms with Crippen LogP contribution in [0.3, 0.4) is 0 Å². The van der Waals surface area contributed by atoms with Crippen molar-refractivity contribution in [1.82, 2.24) is 0 Å². The first-order valence-electron chi connectivity index (χ1n) is 14.0. The van der Waals surface area contributed by atoms with Crippen LogP contribution in [0.1, 0.15) is 76.2 Å². The number of hydrogen-bond donors (Lipinski definition) is 1. The molecule has 3 heterocycles. The molecular weight excluding hydrogens is 480 g/mol. The van der Waals surface area contributed by atoms with Crippen molar-refractivity contribution in [2.24, 2.45) is 10.4 Å². The molecule has 0 atom stereocenters. The van der Waals surface area contributed by atoms with Gasteiger partial charge in [0.05, 0.1) is 61.3 Å². The monoisotopic (exact) mass is 525 g/mol. The first-order chi connectivity index (χ1) is 17.7. The second kappa shape index (κ2) is 12.0. The Bertz CT molecular complexity index is 1100. The number of ether oxygens (including phenoxy) is 1. The van der Waals surface area contributed by atoms with E-state index >= 15 is 0 Å². The number of esters is 1. The summed E-state index contributed by atoms with van der Waals surface area (Å²) in [4.78, 5) is 21.5. The second-order valence-electron chi connectivity index (χ2n) is 11.7. The number of carbonyl (C=O) groups excluding carboxylic acids is 1. The number of unbranched alkanes of at least 4 members (excludes halogenated alkanes) is 5. The van der Waals surface area contributed by atoms with Gasteiger partial charge in [-0.1, -0.05) is 57.6 Å². The number of thiophene rings is 1. The normalized spacial score (nSPS) is 16.5. The Hall–Kier alpha value is -2.38. The molecule has 0 aliphatic carbocycles. The molecule has 37 heavy (non-hydrogen) atoms. The van der Waals surface area contributed by atoms with E-state index in [0.29, 0.717) is 6.73 Å². The summed E-state index contributed by atoms with van der Waals surface area (Å²) >= 11 is 1.80. The van der Waals surface area contributed by atoms with Crippen molar-refractivity contribution in [3.8, 4) is 0 Å². The molecule has 2 aromatic rings. The van der Waals surface area contributed by atoms with Gasteiger partial charge in [-0.25, -0.2) is 0 Å². The van der Waals surface area contributed by atoms with Gasteiger partial charge in [-0.3, -0.25) is 14.3 Å². The smallest absolute Gasteiger partial charge is 0.315 e. The summed E-state index contributed by atoms with van der Waals surface area (Å²) in [6, 6.07) is 8.19. The SMILES string of the molecule is CCCCCCCCC(C)(C)C(=O)OC[N+]1(C)CCN(c2c(C)sc3c2C=Nc2ccccc2N3)CC1. The number of hydrogen-bond acceptors (Lipinski definition) is 6. The van der Waals surface area contributed by atoms with E-state index in [1.807, 2.05) is 38.3 Å². The molecule has 0 unspecified atom stereocenters. The van der Waals surface area contributed by atoms with Gasteiger partial charge in [0.25, 0.3) is 0 Å². The standard InChI is InChI=1S/C30H45N4O2S/c1-6-7-8-9-10-13-16-30(3,4)29(35)36-22-34(5)19-17-33(18-20-34)27-23(2)37-28-24(27)21-31-25-14-11-12-15-26(25)32-28/h11-12,14-15,21,32H,6-10,13,16-20,22H2,1-5H3/q+1. The molecule has 1 saturated heterocycles. The predicted molar refractivity (Wildman–Crippen MR) is 157 cm³/mol. The molecule has 0 radical (unpaired) electrons. The maximum absolute atomic E-state index is 12.9. The summed E-state index contributed by atoms with van der Waals surface area (Å²) in [6.45, 7) is 12.7. The Kier molecular flexibility index (Phi) is 8.96. The summed E-state index contributed by atoms with van der Waals surface area (Å²) < 4.78 is 6.69. The maximum Gasteiger partial charge on any atom is 0.315 e. The minimum atomic E-state index is -0.416. The zero-order chi connectivity index (χ0) is 26.5. The zero-order valence-corrected chi connectivity index (χ0v) is 24.3. The Morgan fingerprint density at radius 2 is 1.84 bits per heavy atom. The number of anilines is 3. The van der Waals surface area contributed by atoms with E-state index in [-0.39, 0.29) is 5.97 Å². The van der Waals surface area contributed by atoms with Crippen LogP contribution in [0.5, 0.6) is 0 Å². The highest BCUT2D eigenvalue weighted by Crippen LogP contribution is 2.43. The van der Waals surface area contributed by atoms with Gasteiger partial charge in [0.2, 0.25) is 6.73 Å². The molecule has 6 nitrogen and oxygen atoms in total. The van der Waals surface area contributed by atoms with E-state index in [0.717, 1.165) is 59.9 Å². The van der Waals surface area contributed by atoms with E-state index in [2.05, 4.69) is 37.2 Å². The topological polar surface area (TPSA) is 53.9 Å². The first-order valence-corrected chi connectivity index (χ1v) is 14.8. The summed E-state index contributed by atoms with van der Waals surface area (Å²) in [7, 11) is 2.21. The van der Waals surface area contributed by atoms with Crippen LogP contribution in [0.2, 0.25) is 0 Å². The van der Waals surface area contributed by atoms with Crippen LogP contribution in [-0.2, 0) is 9.53 Å². The van der Waals surface area contributed by atoms with Crippen LogP contribution in [-0.4, -0.2) is 56.6 Å². The number of nitrogens with one attached hydrogen (secondary N) is 1. The number of carbonyl (C=O) groups is 1.